The zero-order valence-electron chi connectivity index (χ0n) is 9.04. The molecule has 0 bridgehead atoms. The van der Waals surface area contributed by atoms with Crippen molar-refractivity contribution in [2.75, 3.05) is 6.61 Å². The maximum Gasteiger partial charge on any atom is 0.317 e. The predicted molar refractivity (Wildman–Crippen MR) is 59.3 cm³/mol. The maximum absolute atomic E-state index is 11.0. The Morgan fingerprint density at radius 1 is 1.40 bits per heavy atom. The van der Waals surface area contributed by atoms with E-state index in [1.54, 1.807) is 6.92 Å². The largest absolute Gasteiger partial charge is 0.465 e. The highest BCUT2D eigenvalue weighted by Gasteiger charge is 1.96. The molecule has 0 radical (unpaired) electrons. The number of hydrogen-bond donors (Lipinski definition) is 0. The van der Waals surface area contributed by atoms with Crippen molar-refractivity contribution in [3.05, 3.63) is 35.4 Å². The van der Waals surface area contributed by atoms with Crippen molar-refractivity contribution in [2.24, 2.45) is 0 Å². The van der Waals surface area contributed by atoms with Crippen molar-refractivity contribution in [3.63, 3.8) is 0 Å². The molecule has 0 fully saturated rings. The first-order valence-corrected chi connectivity index (χ1v) is 4.94. The number of benzene rings is 1. The first kappa shape index (κ1) is 11.3. The fourth-order valence-corrected chi connectivity index (χ4v) is 1.14. The van der Waals surface area contributed by atoms with E-state index in [-0.39, 0.29) is 12.4 Å². The van der Waals surface area contributed by atoms with Crippen LogP contribution in [-0.4, -0.2) is 12.6 Å². The van der Waals surface area contributed by atoms with Gasteiger partial charge in [-0.05, 0) is 25.5 Å². The van der Waals surface area contributed by atoms with E-state index in [1.807, 2.05) is 31.2 Å². The number of ether oxygens (including phenoxy) is 1. The Morgan fingerprint density at radius 2 is 2.13 bits per heavy atom. The minimum atomic E-state index is -0.265. The summed E-state index contributed by atoms with van der Waals surface area (Å²) in [6.45, 7) is 4.19. The van der Waals surface area contributed by atoms with Crippen LogP contribution in [0.1, 0.15) is 24.5 Å². The molecule has 1 rings (SSSR count). The number of esters is 1. The van der Waals surface area contributed by atoms with Crippen LogP contribution in [0.5, 0.6) is 0 Å². The van der Waals surface area contributed by atoms with Crippen molar-refractivity contribution >= 4 is 5.97 Å². The summed E-state index contributed by atoms with van der Waals surface area (Å²) in [6.07, 6.45) is 0.155. The average molecular weight is 202 g/mol. The second-order valence-corrected chi connectivity index (χ2v) is 3.10. The molecule has 2 nitrogen and oxygen atoms in total. The van der Waals surface area contributed by atoms with Crippen LogP contribution in [0, 0.1) is 18.8 Å². The molecule has 1 aromatic rings. The summed E-state index contributed by atoms with van der Waals surface area (Å²) in [7, 11) is 0. The van der Waals surface area contributed by atoms with Gasteiger partial charge in [-0.2, -0.15) is 0 Å². The molecule has 1 aromatic carbocycles. The summed E-state index contributed by atoms with van der Waals surface area (Å²) >= 11 is 0. The fraction of sp³-hybridized carbons (Fsp3) is 0.308. The van der Waals surface area contributed by atoms with Gasteiger partial charge in [-0.1, -0.05) is 30.0 Å². The molecule has 0 aliphatic rings. The minimum Gasteiger partial charge on any atom is -0.465 e. The summed E-state index contributed by atoms with van der Waals surface area (Å²) in [5, 5.41) is 0. The molecular formula is C13H14O2. The maximum atomic E-state index is 11.0. The first-order chi connectivity index (χ1) is 7.24. The highest BCUT2D eigenvalue weighted by atomic mass is 16.5. The molecule has 0 aliphatic carbocycles. The molecule has 15 heavy (non-hydrogen) atoms. The lowest BCUT2D eigenvalue weighted by atomic mass is 10.1. The van der Waals surface area contributed by atoms with E-state index in [4.69, 9.17) is 4.74 Å². The van der Waals surface area contributed by atoms with Gasteiger partial charge in [0.05, 0.1) is 6.61 Å². The summed E-state index contributed by atoms with van der Waals surface area (Å²) in [6, 6.07) is 7.83. The lowest BCUT2D eigenvalue weighted by Gasteiger charge is -1.96. The first-order valence-electron chi connectivity index (χ1n) is 4.94. The summed E-state index contributed by atoms with van der Waals surface area (Å²) in [5.74, 6) is 5.49. The molecule has 0 saturated carbocycles. The van der Waals surface area contributed by atoms with E-state index in [9.17, 15) is 4.79 Å². The number of aryl methyl sites for hydroxylation is 1. The molecule has 0 unspecified atom stereocenters. The van der Waals surface area contributed by atoms with Crippen LogP contribution in [-0.2, 0) is 9.53 Å². The number of carbonyl (C=O) groups is 1. The average Bonchev–Trinajstić information content (AvgIpc) is 2.21. The van der Waals surface area contributed by atoms with Gasteiger partial charge in [0.15, 0.2) is 0 Å². The van der Waals surface area contributed by atoms with Gasteiger partial charge in [0, 0.05) is 5.56 Å². The monoisotopic (exact) mass is 202 g/mol. The smallest absolute Gasteiger partial charge is 0.317 e. The topological polar surface area (TPSA) is 26.3 Å². The Balaban J connectivity index is 2.59. The molecule has 0 amide bonds. The van der Waals surface area contributed by atoms with Crippen LogP contribution in [0.2, 0.25) is 0 Å². The van der Waals surface area contributed by atoms with E-state index in [0.29, 0.717) is 6.61 Å². The number of carbonyl (C=O) groups excluding carboxylic acids is 1. The van der Waals surface area contributed by atoms with Gasteiger partial charge < -0.3 is 4.74 Å². The highest BCUT2D eigenvalue weighted by molar-refractivity contribution is 5.72. The number of rotatable bonds is 2. The van der Waals surface area contributed by atoms with Crippen molar-refractivity contribution in [1.29, 1.82) is 0 Å². The van der Waals surface area contributed by atoms with E-state index < -0.39 is 0 Å². The van der Waals surface area contributed by atoms with Crippen molar-refractivity contribution in [3.8, 4) is 11.8 Å². The predicted octanol–water partition coefficient (Wildman–Crippen LogP) is 2.30. The van der Waals surface area contributed by atoms with Crippen LogP contribution in [0.25, 0.3) is 0 Å². The quantitative estimate of drug-likeness (QED) is 0.543. The Bertz CT molecular complexity index is 396. The fourth-order valence-electron chi connectivity index (χ4n) is 1.14. The van der Waals surface area contributed by atoms with Crippen LogP contribution < -0.4 is 0 Å². The Morgan fingerprint density at radius 3 is 2.80 bits per heavy atom. The summed E-state index contributed by atoms with van der Waals surface area (Å²) < 4.78 is 4.77. The standard InChI is InChI=1S/C13H14O2/c1-3-15-13(14)10-6-9-12-8-5-4-7-11(12)2/h4-5,7-8H,3,10H2,1-2H3. The minimum absolute atomic E-state index is 0.155. The zero-order chi connectivity index (χ0) is 11.1. The second kappa shape index (κ2) is 5.87. The zero-order valence-corrected chi connectivity index (χ0v) is 9.04. The summed E-state index contributed by atoms with van der Waals surface area (Å²) in [5.41, 5.74) is 2.08. The van der Waals surface area contributed by atoms with Crippen LogP contribution in [0.15, 0.2) is 24.3 Å². The van der Waals surface area contributed by atoms with Gasteiger partial charge in [-0.15, -0.1) is 0 Å². The van der Waals surface area contributed by atoms with Crippen molar-refractivity contribution < 1.29 is 9.53 Å². The van der Waals surface area contributed by atoms with Crippen LogP contribution >= 0.6 is 0 Å². The van der Waals surface area contributed by atoms with E-state index in [1.165, 1.54) is 0 Å². The van der Waals surface area contributed by atoms with Gasteiger partial charge in [-0.25, -0.2) is 0 Å². The SMILES string of the molecule is CCOC(=O)CC#Cc1ccccc1C. The Kier molecular flexibility index (Phi) is 4.43. The highest BCUT2D eigenvalue weighted by Crippen LogP contribution is 2.04. The second-order valence-electron chi connectivity index (χ2n) is 3.10. The summed E-state index contributed by atoms with van der Waals surface area (Å²) in [4.78, 5) is 11.0. The molecule has 0 atom stereocenters. The number of hydrogen-bond acceptors (Lipinski definition) is 2. The molecule has 0 saturated heterocycles. The molecule has 0 heterocycles. The third-order valence-electron chi connectivity index (χ3n) is 1.91. The van der Waals surface area contributed by atoms with Crippen molar-refractivity contribution in [2.45, 2.75) is 20.3 Å². The third-order valence-corrected chi connectivity index (χ3v) is 1.91. The van der Waals surface area contributed by atoms with Gasteiger partial charge in [-0.3, -0.25) is 4.79 Å². The Labute approximate surface area is 90.3 Å². The molecule has 0 aliphatic heterocycles. The molecule has 0 spiro atoms. The molecule has 0 N–H and O–H groups in total. The van der Waals surface area contributed by atoms with E-state index in [0.717, 1.165) is 11.1 Å². The molecule has 78 valence electrons. The molecular weight excluding hydrogens is 188 g/mol. The van der Waals surface area contributed by atoms with Crippen LogP contribution in [0.4, 0.5) is 0 Å². The molecule has 0 aromatic heterocycles. The lowest BCUT2D eigenvalue weighted by molar-refractivity contribution is -0.141. The van der Waals surface area contributed by atoms with Gasteiger partial charge in [0.1, 0.15) is 6.42 Å². The third kappa shape index (κ3) is 3.86. The van der Waals surface area contributed by atoms with E-state index >= 15 is 0 Å². The van der Waals surface area contributed by atoms with Gasteiger partial charge >= 0.3 is 5.97 Å². The van der Waals surface area contributed by atoms with Gasteiger partial charge in [0.25, 0.3) is 0 Å². The molecule has 2 heteroatoms. The van der Waals surface area contributed by atoms with Gasteiger partial charge in [0.2, 0.25) is 0 Å². The normalized spacial score (nSPS) is 8.93. The van der Waals surface area contributed by atoms with Crippen molar-refractivity contribution in [1.82, 2.24) is 0 Å². The lowest BCUT2D eigenvalue weighted by Crippen LogP contribution is -2.01. The Hall–Kier alpha value is -1.75. The van der Waals surface area contributed by atoms with Crippen LogP contribution in [0.3, 0.4) is 0 Å². The van der Waals surface area contributed by atoms with E-state index in [2.05, 4.69) is 11.8 Å².